The summed E-state index contributed by atoms with van der Waals surface area (Å²) in [6.45, 7) is 0.938. The molecule has 4 aromatic rings. The van der Waals surface area contributed by atoms with Crippen molar-refractivity contribution in [2.45, 2.75) is 40.9 Å². The van der Waals surface area contributed by atoms with Crippen LogP contribution in [0, 0.1) is 17.5 Å². The van der Waals surface area contributed by atoms with E-state index in [1.807, 2.05) is 0 Å². The second kappa shape index (κ2) is 16.0. The Kier molecular flexibility index (Phi) is 11.2. The number of aliphatic hydroxyl groups excluding tert-OH is 3. The van der Waals surface area contributed by atoms with Gasteiger partial charge in [0.25, 0.3) is 0 Å². The maximum atomic E-state index is 14.1. The van der Waals surface area contributed by atoms with Gasteiger partial charge in [0.2, 0.25) is 5.91 Å². The maximum absolute atomic E-state index is 14.1. The fourth-order valence-electron chi connectivity index (χ4n) is 6.92. The van der Waals surface area contributed by atoms with Crippen molar-refractivity contribution in [2.75, 3.05) is 65.6 Å². The Hall–Kier alpha value is -4.25. The highest BCUT2D eigenvalue weighted by atomic mass is 32.2. The Balaban J connectivity index is 1.15. The van der Waals surface area contributed by atoms with Gasteiger partial charge in [-0.3, -0.25) is 4.79 Å². The Morgan fingerprint density at radius 1 is 0.943 bits per heavy atom. The highest BCUT2D eigenvalue weighted by Crippen LogP contribution is 2.51. The maximum Gasteiger partial charge on any atom is 0.316 e. The van der Waals surface area contributed by atoms with Crippen LogP contribution in [0.25, 0.3) is 22.5 Å². The van der Waals surface area contributed by atoms with E-state index in [0.29, 0.717) is 37.6 Å². The number of aromatic nitrogens is 8. The van der Waals surface area contributed by atoms with Crippen molar-refractivity contribution in [3.63, 3.8) is 0 Å². The molecule has 6 heterocycles. The van der Waals surface area contributed by atoms with E-state index < -0.39 is 75.8 Å². The van der Waals surface area contributed by atoms with Gasteiger partial charge in [-0.25, -0.2) is 43.4 Å². The lowest BCUT2D eigenvalue weighted by Gasteiger charge is -2.51. The second-order valence-electron chi connectivity index (χ2n) is 12.8. The Bertz CT molecular complexity index is 1860. The number of thiol groups is 1. The van der Waals surface area contributed by atoms with Crippen molar-refractivity contribution in [3.05, 3.63) is 54.4 Å². The Labute approximate surface area is 303 Å². The number of nitrogens with zero attached hydrogens (tertiary/aromatic N) is 9. The van der Waals surface area contributed by atoms with Crippen LogP contribution >= 0.6 is 10.9 Å². The molecular formula is C32H38F3N9O8S. The molecule has 3 aliphatic heterocycles. The third-order valence-corrected chi connectivity index (χ3v) is 13.2. The number of hydrogen-bond acceptors (Lipinski definition) is 14. The van der Waals surface area contributed by atoms with E-state index >= 15 is 0 Å². The summed E-state index contributed by atoms with van der Waals surface area (Å²) >= 11 is 0. The van der Waals surface area contributed by atoms with Crippen molar-refractivity contribution < 1.29 is 52.2 Å². The molecular weight excluding hydrogens is 727 g/mol. The molecule has 7 rings (SSSR count). The zero-order chi connectivity index (χ0) is 37.2. The summed E-state index contributed by atoms with van der Waals surface area (Å²) in [5.41, 5.74) is 0.916. The second-order valence-corrected chi connectivity index (χ2v) is 15.5. The average molecular weight is 766 g/mol. The zero-order valence-electron chi connectivity index (χ0n) is 28.4. The van der Waals surface area contributed by atoms with Gasteiger partial charge in [0.1, 0.15) is 30.1 Å². The molecule has 3 saturated heterocycles. The molecule has 0 saturated carbocycles. The van der Waals surface area contributed by atoms with Crippen molar-refractivity contribution >= 4 is 16.8 Å². The molecule has 0 bridgehead atoms. The molecule has 0 radical (unpaired) electrons. The third kappa shape index (κ3) is 7.59. The molecule has 1 amide bonds. The minimum Gasteiger partial charge on any atom is -0.467 e. The normalized spacial score (nSPS) is 28.5. The van der Waals surface area contributed by atoms with Crippen LogP contribution < -0.4 is 4.74 Å². The topological polar surface area (TPSA) is 205 Å². The van der Waals surface area contributed by atoms with Crippen LogP contribution in [-0.4, -0.2) is 160 Å². The molecule has 0 spiro atoms. The van der Waals surface area contributed by atoms with E-state index in [9.17, 15) is 33.3 Å². The first-order valence-corrected chi connectivity index (χ1v) is 18.5. The molecule has 53 heavy (non-hydrogen) atoms. The first-order chi connectivity index (χ1) is 25.7. The first-order valence-electron chi connectivity index (χ1n) is 16.8. The summed E-state index contributed by atoms with van der Waals surface area (Å²) < 4.78 is 67.2. The average Bonchev–Trinajstić information content (AvgIpc) is 3.87. The number of rotatable bonds is 10. The standard InChI is InChI=1S/C32H38F3N9O8S/c1-49-32-36-8-18(9-37-32)22-10-43(40-39-22)23-13-51-14-26(30(23)47)53-16-24(52-15-27(46)42-2-4-50-5-3-42)29(31(48)25(53)12-45)44-11-21(38-41-44)17-6-19(33)28(35)20(34)7-17/h6-11,23-26,29-31,45,47-48,53H,2-5,12-16H2,1H3/t23-,24-,25+,26+,29+,30+,31-/m0/s1. The number of carbonyl (C=O) groups is 1. The van der Waals surface area contributed by atoms with E-state index in [1.54, 1.807) is 11.1 Å². The minimum absolute atomic E-state index is 0.0149. The lowest BCUT2D eigenvalue weighted by Crippen LogP contribution is -2.56. The predicted molar refractivity (Wildman–Crippen MR) is 179 cm³/mol. The van der Waals surface area contributed by atoms with Crippen LogP contribution in [0.1, 0.15) is 12.1 Å². The lowest BCUT2D eigenvalue weighted by molar-refractivity contribution is -0.144. The molecule has 286 valence electrons. The summed E-state index contributed by atoms with van der Waals surface area (Å²) in [4.78, 5) is 23.0. The first kappa shape index (κ1) is 37.1. The number of morpholine rings is 1. The van der Waals surface area contributed by atoms with Gasteiger partial charge in [-0.15, -0.1) is 10.2 Å². The molecule has 1 aromatic carbocycles. The Morgan fingerprint density at radius 2 is 1.60 bits per heavy atom. The van der Waals surface area contributed by atoms with Crippen molar-refractivity contribution in [3.8, 4) is 28.5 Å². The van der Waals surface area contributed by atoms with Gasteiger partial charge in [-0.2, -0.15) is 0 Å². The van der Waals surface area contributed by atoms with Crippen LogP contribution in [-0.2, 0) is 19.0 Å². The SMILES string of the molecule is COc1ncc(-c2cn([C@H]3COC[C@@H]([SH]4C[C@H](OCC(=O)N5CCOCC5)[C@@H](n5cc(-c6cc(F)c(F)c(F)c6)nn5)[C@@H](O)[C@H]4CO)[C@@H]3O)nn2)cn1. The lowest BCUT2D eigenvalue weighted by atomic mass is 10.0. The number of benzene rings is 1. The Morgan fingerprint density at radius 3 is 2.28 bits per heavy atom. The van der Waals surface area contributed by atoms with Crippen LogP contribution in [0.5, 0.6) is 6.01 Å². The van der Waals surface area contributed by atoms with Gasteiger partial charge in [0.15, 0.2) is 17.5 Å². The largest absolute Gasteiger partial charge is 0.467 e. The molecule has 1 unspecified atom stereocenters. The molecule has 3 N–H and O–H groups in total. The fourth-order valence-corrected chi connectivity index (χ4v) is 10.4. The summed E-state index contributed by atoms with van der Waals surface area (Å²) in [7, 11) is -0.0341. The van der Waals surface area contributed by atoms with Gasteiger partial charge in [-0.1, -0.05) is 10.4 Å². The van der Waals surface area contributed by atoms with Gasteiger partial charge in [-0.05, 0) is 12.1 Å². The number of methoxy groups -OCH3 is 1. The number of amides is 1. The molecule has 8 atom stereocenters. The van der Waals surface area contributed by atoms with Crippen LogP contribution in [0.15, 0.2) is 36.9 Å². The molecule has 0 aliphatic carbocycles. The number of carbonyl (C=O) groups excluding carboxylic acids is 1. The van der Waals surface area contributed by atoms with Gasteiger partial charge < -0.3 is 39.2 Å². The van der Waals surface area contributed by atoms with E-state index in [-0.39, 0.29) is 48.7 Å². The van der Waals surface area contributed by atoms with E-state index in [4.69, 9.17) is 18.9 Å². The van der Waals surface area contributed by atoms with Gasteiger partial charge >= 0.3 is 6.01 Å². The molecule has 3 aliphatic rings. The van der Waals surface area contributed by atoms with Crippen LogP contribution in [0.3, 0.4) is 0 Å². The van der Waals surface area contributed by atoms with Crippen LogP contribution in [0.2, 0.25) is 0 Å². The van der Waals surface area contributed by atoms with E-state index in [2.05, 4.69) is 30.6 Å². The number of hydrogen-bond donors (Lipinski definition) is 4. The molecule has 3 fully saturated rings. The smallest absolute Gasteiger partial charge is 0.316 e. The summed E-state index contributed by atoms with van der Waals surface area (Å²) in [6, 6.07) is 0.0368. The van der Waals surface area contributed by atoms with E-state index in [1.165, 1.54) is 35.1 Å². The highest BCUT2D eigenvalue weighted by Gasteiger charge is 2.50. The monoisotopic (exact) mass is 765 g/mol. The number of aliphatic hydroxyl groups is 3. The molecule has 3 aromatic heterocycles. The van der Waals surface area contributed by atoms with E-state index in [0.717, 1.165) is 12.1 Å². The highest BCUT2D eigenvalue weighted by molar-refractivity contribution is 8.18. The summed E-state index contributed by atoms with van der Waals surface area (Å²) in [5.74, 6) is -4.56. The number of halogens is 3. The van der Waals surface area contributed by atoms with Gasteiger partial charge in [0.05, 0.1) is 70.8 Å². The third-order valence-electron chi connectivity index (χ3n) is 9.76. The quantitative estimate of drug-likeness (QED) is 0.123. The van der Waals surface area contributed by atoms with Crippen LogP contribution in [0.4, 0.5) is 13.2 Å². The van der Waals surface area contributed by atoms with Crippen molar-refractivity contribution in [1.29, 1.82) is 0 Å². The zero-order valence-corrected chi connectivity index (χ0v) is 29.3. The molecule has 17 nitrogen and oxygen atoms in total. The summed E-state index contributed by atoms with van der Waals surface area (Å²) in [5, 5.41) is 49.7. The fraction of sp³-hybridized carbons (Fsp3) is 0.531. The predicted octanol–water partition coefficient (Wildman–Crippen LogP) is -0.0578. The molecule has 21 heteroatoms. The van der Waals surface area contributed by atoms with Gasteiger partial charge in [0, 0.05) is 52.9 Å². The number of ether oxygens (including phenoxy) is 4. The summed E-state index contributed by atoms with van der Waals surface area (Å²) in [6.07, 6.45) is 2.73. The van der Waals surface area contributed by atoms with Crippen molar-refractivity contribution in [1.82, 2.24) is 44.9 Å². The van der Waals surface area contributed by atoms with Crippen molar-refractivity contribution in [2.24, 2.45) is 0 Å². The minimum atomic E-state index is -1.63.